The Morgan fingerprint density at radius 1 is 1.18 bits per heavy atom. The van der Waals surface area contributed by atoms with Crippen LogP contribution in [0.3, 0.4) is 0 Å². The quantitative estimate of drug-likeness (QED) is 0.751. The largest absolute Gasteiger partial charge is 0.494 e. The predicted octanol–water partition coefficient (Wildman–Crippen LogP) is 1.79. The lowest BCUT2D eigenvalue weighted by atomic mass is 9.82. The molecule has 94 valence electrons. The topological polar surface area (TPSA) is 82.7 Å². The lowest BCUT2D eigenvalue weighted by Gasteiger charge is -2.26. The molecule has 1 aromatic rings. The van der Waals surface area contributed by atoms with Gasteiger partial charge in [0.25, 0.3) is 0 Å². The van der Waals surface area contributed by atoms with Crippen LogP contribution in [0.2, 0.25) is 0 Å². The van der Waals surface area contributed by atoms with Crippen LogP contribution in [0.15, 0.2) is 12.1 Å². The van der Waals surface area contributed by atoms with Crippen LogP contribution in [-0.4, -0.2) is 25.9 Å². The Balaban J connectivity index is 1.92. The molecule has 0 aromatic carbocycles. The van der Waals surface area contributed by atoms with Crippen LogP contribution in [0.4, 0.5) is 0 Å². The summed E-state index contributed by atoms with van der Waals surface area (Å²) in [7, 11) is 0. The number of aromatic hydroxyl groups is 2. The van der Waals surface area contributed by atoms with E-state index in [1.54, 1.807) is 0 Å². The highest BCUT2D eigenvalue weighted by Gasteiger charge is 2.26. The van der Waals surface area contributed by atoms with Crippen molar-refractivity contribution in [1.29, 1.82) is 0 Å². The van der Waals surface area contributed by atoms with E-state index in [4.69, 9.17) is 5.11 Å². The zero-order chi connectivity index (χ0) is 12.4. The third kappa shape index (κ3) is 2.54. The highest BCUT2D eigenvalue weighted by Crippen LogP contribution is 2.32. The SMILES string of the molecule is O=C(O)C1CCC(Cn2c(O)ccc2O)CC1. The number of hydrogen-bond acceptors (Lipinski definition) is 3. The first kappa shape index (κ1) is 11.8. The van der Waals surface area contributed by atoms with Gasteiger partial charge in [-0.1, -0.05) is 0 Å². The van der Waals surface area contributed by atoms with Gasteiger partial charge in [-0.25, -0.2) is 0 Å². The van der Waals surface area contributed by atoms with Crippen LogP contribution < -0.4 is 0 Å². The molecular weight excluding hydrogens is 222 g/mol. The number of aromatic nitrogens is 1. The zero-order valence-corrected chi connectivity index (χ0v) is 9.54. The number of aliphatic carboxylic acids is 1. The molecule has 0 radical (unpaired) electrons. The molecule has 0 spiro atoms. The summed E-state index contributed by atoms with van der Waals surface area (Å²) in [5, 5.41) is 27.9. The number of nitrogens with zero attached hydrogens (tertiary/aromatic N) is 1. The maximum Gasteiger partial charge on any atom is 0.306 e. The maximum absolute atomic E-state index is 10.8. The summed E-state index contributed by atoms with van der Waals surface area (Å²) in [5.74, 6) is -0.492. The molecule has 1 saturated carbocycles. The van der Waals surface area contributed by atoms with E-state index in [1.165, 1.54) is 16.7 Å². The van der Waals surface area contributed by atoms with Gasteiger partial charge in [0.2, 0.25) is 0 Å². The minimum Gasteiger partial charge on any atom is -0.494 e. The smallest absolute Gasteiger partial charge is 0.306 e. The molecule has 1 aliphatic rings. The van der Waals surface area contributed by atoms with Crippen molar-refractivity contribution in [3.63, 3.8) is 0 Å². The summed E-state index contributed by atoms with van der Waals surface area (Å²) < 4.78 is 1.46. The van der Waals surface area contributed by atoms with Crippen molar-refractivity contribution < 1.29 is 20.1 Å². The molecule has 1 heterocycles. The molecule has 0 aliphatic heterocycles. The second-order valence-corrected chi connectivity index (χ2v) is 4.72. The van der Waals surface area contributed by atoms with Gasteiger partial charge in [0.1, 0.15) is 0 Å². The number of carboxylic acids is 1. The maximum atomic E-state index is 10.8. The summed E-state index contributed by atoms with van der Waals surface area (Å²) in [4.78, 5) is 10.8. The number of hydrogen-bond donors (Lipinski definition) is 3. The molecule has 0 atom stereocenters. The fourth-order valence-electron chi connectivity index (χ4n) is 2.48. The van der Waals surface area contributed by atoms with Crippen molar-refractivity contribution in [2.45, 2.75) is 32.2 Å². The lowest BCUT2D eigenvalue weighted by Crippen LogP contribution is -2.23. The van der Waals surface area contributed by atoms with Gasteiger partial charge in [-0.2, -0.15) is 0 Å². The summed E-state index contributed by atoms with van der Waals surface area (Å²) >= 11 is 0. The Labute approximate surface area is 99.3 Å². The summed E-state index contributed by atoms with van der Waals surface area (Å²) in [6, 6.07) is 2.91. The van der Waals surface area contributed by atoms with E-state index in [2.05, 4.69) is 0 Å². The Morgan fingerprint density at radius 3 is 2.18 bits per heavy atom. The summed E-state index contributed by atoms with van der Waals surface area (Å²) in [6.07, 6.45) is 3.02. The molecule has 1 fully saturated rings. The third-order valence-corrected chi connectivity index (χ3v) is 3.57. The fraction of sp³-hybridized carbons (Fsp3) is 0.583. The van der Waals surface area contributed by atoms with Crippen molar-refractivity contribution in [3.8, 4) is 11.8 Å². The number of carboxylic acid groups (broad SMARTS) is 1. The molecule has 3 N–H and O–H groups in total. The number of carbonyl (C=O) groups is 1. The molecule has 2 rings (SSSR count). The molecular formula is C12H17NO4. The first-order valence-electron chi connectivity index (χ1n) is 5.88. The van der Waals surface area contributed by atoms with E-state index >= 15 is 0 Å². The Bertz CT molecular complexity index is 385. The molecule has 0 amide bonds. The second kappa shape index (κ2) is 4.69. The molecule has 0 unspecified atom stereocenters. The van der Waals surface area contributed by atoms with Gasteiger partial charge in [-0.3, -0.25) is 9.36 Å². The molecule has 0 saturated heterocycles. The van der Waals surface area contributed by atoms with Gasteiger partial charge >= 0.3 is 5.97 Å². The fourth-order valence-corrected chi connectivity index (χ4v) is 2.48. The average molecular weight is 239 g/mol. The van der Waals surface area contributed by atoms with Crippen LogP contribution in [0.5, 0.6) is 11.8 Å². The summed E-state index contributed by atoms with van der Waals surface area (Å²) in [5.41, 5.74) is 0. The number of rotatable bonds is 3. The van der Waals surface area contributed by atoms with Crippen molar-refractivity contribution in [2.24, 2.45) is 11.8 Å². The van der Waals surface area contributed by atoms with E-state index in [-0.39, 0.29) is 17.7 Å². The van der Waals surface area contributed by atoms with Gasteiger partial charge in [0, 0.05) is 18.7 Å². The molecule has 1 aliphatic carbocycles. The van der Waals surface area contributed by atoms with Gasteiger partial charge in [-0.15, -0.1) is 0 Å². The molecule has 1 aromatic heterocycles. The molecule has 17 heavy (non-hydrogen) atoms. The highest BCUT2D eigenvalue weighted by molar-refractivity contribution is 5.69. The first-order valence-corrected chi connectivity index (χ1v) is 5.88. The van der Waals surface area contributed by atoms with Crippen LogP contribution >= 0.6 is 0 Å². The van der Waals surface area contributed by atoms with E-state index in [0.717, 1.165) is 12.8 Å². The monoisotopic (exact) mass is 239 g/mol. The standard InChI is InChI=1S/C12H17NO4/c14-10-5-6-11(15)13(10)7-8-1-3-9(4-2-8)12(16)17/h5-6,8-9,14-15H,1-4,7H2,(H,16,17). The van der Waals surface area contributed by atoms with Crippen LogP contribution in [0.25, 0.3) is 0 Å². The summed E-state index contributed by atoms with van der Waals surface area (Å²) in [6.45, 7) is 0.553. The van der Waals surface area contributed by atoms with E-state index in [0.29, 0.717) is 25.3 Å². The zero-order valence-electron chi connectivity index (χ0n) is 9.54. The molecule has 0 bridgehead atoms. The van der Waals surface area contributed by atoms with E-state index in [9.17, 15) is 15.0 Å². The first-order chi connectivity index (χ1) is 8.08. The Morgan fingerprint density at radius 2 is 1.71 bits per heavy atom. The van der Waals surface area contributed by atoms with Crippen LogP contribution in [0.1, 0.15) is 25.7 Å². The Hall–Kier alpha value is -1.65. The second-order valence-electron chi connectivity index (χ2n) is 4.72. The normalized spacial score (nSPS) is 24.7. The van der Waals surface area contributed by atoms with E-state index < -0.39 is 5.97 Å². The van der Waals surface area contributed by atoms with Crippen molar-refractivity contribution >= 4 is 5.97 Å². The van der Waals surface area contributed by atoms with Crippen LogP contribution in [0, 0.1) is 11.8 Å². The Kier molecular flexibility index (Phi) is 3.26. The predicted molar refractivity (Wildman–Crippen MR) is 60.8 cm³/mol. The highest BCUT2D eigenvalue weighted by atomic mass is 16.4. The van der Waals surface area contributed by atoms with Gasteiger partial charge in [0.05, 0.1) is 5.92 Å². The third-order valence-electron chi connectivity index (χ3n) is 3.57. The molecule has 5 heteroatoms. The average Bonchev–Trinajstić information content (AvgIpc) is 2.61. The van der Waals surface area contributed by atoms with Gasteiger partial charge in [-0.05, 0) is 31.6 Å². The van der Waals surface area contributed by atoms with E-state index in [1.807, 2.05) is 0 Å². The minimum absolute atomic E-state index is 0.0582. The van der Waals surface area contributed by atoms with Crippen molar-refractivity contribution in [1.82, 2.24) is 4.57 Å². The molecule has 5 nitrogen and oxygen atoms in total. The minimum atomic E-state index is -0.713. The van der Waals surface area contributed by atoms with Crippen molar-refractivity contribution in [3.05, 3.63) is 12.1 Å². The van der Waals surface area contributed by atoms with Gasteiger partial charge in [0.15, 0.2) is 11.8 Å². The lowest BCUT2D eigenvalue weighted by molar-refractivity contribution is -0.143. The van der Waals surface area contributed by atoms with Crippen molar-refractivity contribution in [2.75, 3.05) is 0 Å². The van der Waals surface area contributed by atoms with Gasteiger partial charge < -0.3 is 15.3 Å². The van der Waals surface area contributed by atoms with Crippen LogP contribution in [-0.2, 0) is 11.3 Å².